The fraction of sp³-hybridized carbons (Fsp3) is 0.455. The van der Waals surface area contributed by atoms with Crippen LogP contribution in [0.25, 0.3) is 0 Å². The zero-order chi connectivity index (χ0) is 9.94. The number of allylic oxidation sites excluding steroid dienone is 2. The molecular weight excluding hydrogens is 178 g/mol. The molecule has 0 unspecified atom stereocenters. The number of hydrogen-bond acceptors (Lipinski definition) is 2. The van der Waals surface area contributed by atoms with Crippen LogP contribution < -0.4 is 0 Å². The first kappa shape index (κ1) is 12.5. The van der Waals surface area contributed by atoms with Crippen LogP contribution in [0.5, 0.6) is 0 Å². The Hall–Kier alpha value is -0.470. The minimum atomic E-state index is 1.11. The zero-order valence-electron chi connectivity index (χ0n) is 8.41. The Balaban J connectivity index is 0.000000671. The lowest BCUT2D eigenvalue weighted by molar-refractivity contribution is 0.506. The molecule has 1 aliphatic heterocycles. The van der Waals surface area contributed by atoms with E-state index in [1.807, 2.05) is 11.9 Å². The lowest BCUT2D eigenvalue weighted by atomic mass is 10.3. The highest BCUT2D eigenvalue weighted by atomic mass is 32.2. The summed E-state index contributed by atoms with van der Waals surface area (Å²) in [6, 6.07) is 0. The van der Waals surface area contributed by atoms with Gasteiger partial charge in [-0.15, -0.1) is 13.2 Å². The van der Waals surface area contributed by atoms with Gasteiger partial charge in [0.05, 0.1) is 0 Å². The Morgan fingerprint density at radius 1 is 1.31 bits per heavy atom. The smallest absolute Gasteiger partial charge is 0.0264 e. The van der Waals surface area contributed by atoms with Gasteiger partial charge in [0.25, 0.3) is 0 Å². The summed E-state index contributed by atoms with van der Waals surface area (Å²) in [6.45, 7) is 10.5. The molecule has 0 spiro atoms. The van der Waals surface area contributed by atoms with Crippen molar-refractivity contribution in [1.82, 2.24) is 4.31 Å². The van der Waals surface area contributed by atoms with Crippen LogP contribution in [0.1, 0.15) is 13.3 Å². The van der Waals surface area contributed by atoms with Crippen LogP contribution in [0.15, 0.2) is 37.5 Å². The van der Waals surface area contributed by atoms with E-state index in [0.29, 0.717) is 0 Å². The zero-order valence-corrected chi connectivity index (χ0v) is 9.22. The Labute approximate surface area is 86.3 Å². The van der Waals surface area contributed by atoms with Gasteiger partial charge in [0.15, 0.2) is 0 Å². The highest BCUT2D eigenvalue weighted by Gasteiger charge is 1.99. The van der Waals surface area contributed by atoms with Crippen molar-refractivity contribution >= 4 is 11.9 Å². The van der Waals surface area contributed by atoms with Crippen molar-refractivity contribution in [1.29, 1.82) is 0 Å². The summed E-state index contributed by atoms with van der Waals surface area (Å²) in [5.41, 5.74) is 0. The molecule has 0 radical (unpaired) electrons. The maximum absolute atomic E-state index is 3.00. The van der Waals surface area contributed by atoms with Crippen LogP contribution in [0.2, 0.25) is 0 Å². The van der Waals surface area contributed by atoms with Crippen LogP contribution in [0.3, 0.4) is 0 Å². The molecule has 0 N–H and O–H groups in total. The van der Waals surface area contributed by atoms with Crippen LogP contribution in [-0.2, 0) is 0 Å². The van der Waals surface area contributed by atoms with E-state index in [9.17, 15) is 0 Å². The second-order valence-electron chi connectivity index (χ2n) is 2.46. The molecule has 0 atom stereocenters. The molecule has 0 amide bonds. The highest BCUT2D eigenvalue weighted by molar-refractivity contribution is 7.97. The second-order valence-corrected chi connectivity index (χ2v) is 3.57. The van der Waals surface area contributed by atoms with Gasteiger partial charge in [-0.25, -0.2) is 0 Å². The maximum atomic E-state index is 3.00. The molecule has 0 saturated carbocycles. The topological polar surface area (TPSA) is 3.24 Å². The summed E-state index contributed by atoms with van der Waals surface area (Å²) in [7, 11) is 0. The van der Waals surface area contributed by atoms with Gasteiger partial charge in [0, 0.05) is 18.8 Å². The second kappa shape index (κ2) is 9.62. The SMILES string of the molecule is C=C.CCN1CC/C=C\C=C/CS1. The Bertz CT molecular complexity index is 147. The van der Waals surface area contributed by atoms with Gasteiger partial charge < -0.3 is 0 Å². The van der Waals surface area contributed by atoms with E-state index in [0.717, 1.165) is 12.3 Å². The summed E-state index contributed by atoms with van der Waals surface area (Å²) in [6.07, 6.45) is 9.87. The van der Waals surface area contributed by atoms with E-state index in [1.54, 1.807) is 0 Å². The van der Waals surface area contributed by atoms with Crippen molar-refractivity contribution in [3.8, 4) is 0 Å². The monoisotopic (exact) mass is 197 g/mol. The van der Waals surface area contributed by atoms with E-state index in [4.69, 9.17) is 0 Å². The summed E-state index contributed by atoms with van der Waals surface area (Å²) >= 11 is 1.92. The number of nitrogens with zero attached hydrogens (tertiary/aromatic N) is 1. The Morgan fingerprint density at radius 2 is 2.00 bits per heavy atom. The van der Waals surface area contributed by atoms with E-state index in [2.05, 4.69) is 48.7 Å². The summed E-state index contributed by atoms with van der Waals surface area (Å²) in [5, 5.41) is 0. The molecule has 0 bridgehead atoms. The van der Waals surface area contributed by atoms with Gasteiger partial charge >= 0.3 is 0 Å². The van der Waals surface area contributed by atoms with Crippen LogP contribution >= 0.6 is 11.9 Å². The third kappa shape index (κ3) is 6.67. The molecule has 74 valence electrons. The average Bonchev–Trinajstić information content (AvgIpc) is 2.33. The van der Waals surface area contributed by atoms with Crippen molar-refractivity contribution in [3.63, 3.8) is 0 Å². The van der Waals surface area contributed by atoms with Gasteiger partial charge in [-0.3, -0.25) is 4.31 Å². The molecule has 13 heavy (non-hydrogen) atoms. The third-order valence-electron chi connectivity index (χ3n) is 1.63. The van der Waals surface area contributed by atoms with E-state index in [1.165, 1.54) is 13.0 Å². The molecule has 1 rings (SSSR count). The van der Waals surface area contributed by atoms with Crippen molar-refractivity contribution < 1.29 is 0 Å². The van der Waals surface area contributed by atoms with Gasteiger partial charge in [0.2, 0.25) is 0 Å². The first-order chi connectivity index (χ1) is 6.43. The molecule has 0 saturated heterocycles. The van der Waals surface area contributed by atoms with Gasteiger partial charge in [0.1, 0.15) is 0 Å². The van der Waals surface area contributed by atoms with Crippen LogP contribution in [0, 0.1) is 0 Å². The molecule has 0 aromatic heterocycles. The molecule has 0 aromatic carbocycles. The van der Waals surface area contributed by atoms with Gasteiger partial charge in [-0.05, 0) is 6.42 Å². The van der Waals surface area contributed by atoms with Crippen molar-refractivity contribution in [2.75, 3.05) is 18.8 Å². The van der Waals surface area contributed by atoms with Crippen molar-refractivity contribution in [3.05, 3.63) is 37.5 Å². The minimum Gasteiger partial charge on any atom is -0.250 e. The van der Waals surface area contributed by atoms with Crippen molar-refractivity contribution in [2.24, 2.45) is 0 Å². The number of hydrogen-bond donors (Lipinski definition) is 0. The van der Waals surface area contributed by atoms with Gasteiger partial charge in [-0.2, -0.15) is 0 Å². The maximum Gasteiger partial charge on any atom is 0.0264 e. The van der Waals surface area contributed by atoms with E-state index >= 15 is 0 Å². The lowest BCUT2D eigenvalue weighted by Gasteiger charge is -2.16. The van der Waals surface area contributed by atoms with Crippen LogP contribution in [0.4, 0.5) is 0 Å². The normalized spacial score (nSPS) is 22.8. The van der Waals surface area contributed by atoms with Crippen molar-refractivity contribution in [2.45, 2.75) is 13.3 Å². The molecule has 1 nitrogen and oxygen atoms in total. The molecule has 0 aromatic rings. The Kier molecular flexibility index (Phi) is 9.27. The summed E-state index contributed by atoms with van der Waals surface area (Å²) in [5.74, 6) is 1.11. The third-order valence-corrected chi connectivity index (χ3v) is 2.78. The first-order valence-electron chi connectivity index (χ1n) is 4.63. The molecule has 2 heteroatoms. The molecule has 0 aliphatic carbocycles. The Morgan fingerprint density at radius 3 is 2.69 bits per heavy atom. The molecule has 1 aliphatic rings. The van der Waals surface area contributed by atoms with Gasteiger partial charge in [-0.1, -0.05) is 43.2 Å². The first-order valence-corrected chi connectivity index (χ1v) is 5.57. The standard InChI is InChI=1S/C9H15NS.C2H4/c1-2-10-8-6-4-3-5-7-9-11-10;1-2/h3-5,7H,2,6,8-9H2,1H3;1-2H2/b4-3-,7-5-;. The van der Waals surface area contributed by atoms with E-state index < -0.39 is 0 Å². The predicted octanol–water partition coefficient (Wildman–Crippen LogP) is 3.27. The molecule has 1 heterocycles. The quantitative estimate of drug-likeness (QED) is 0.469. The number of rotatable bonds is 1. The molecular formula is C11H19NS. The fourth-order valence-electron chi connectivity index (χ4n) is 0.990. The summed E-state index contributed by atoms with van der Waals surface area (Å²) < 4.78 is 2.40. The van der Waals surface area contributed by atoms with Crippen LogP contribution in [-0.4, -0.2) is 23.1 Å². The highest BCUT2D eigenvalue weighted by Crippen LogP contribution is 2.11. The fourth-order valence-corrected chi connectivity index (χ4v) is 1.81. The minimum absolute atomic E-state index is 1.11. The average molecular weight is 197 g/mol. The lowest BCUT2D eigenvalue weighted by Crippen LogP contribution is -2.16. The largest absolute Gasteiger partial charge is 0.250 e. The summed E-state index contributed by atoms with van der Waals surface area (Å²) in [4.78, 5) is 0. The molecule has 0 fully saturated rings. The predicted molar refractivity (Wildman–Crippen MR) is 63.9 cm³/mol. The van der Waals surface area contributed by atoms with E-state index in [-0.39, 0.29) is 0 Å².